The van der Waals surface area contributed by atoms with Gasteiger partial charge in [-0.3, -0.25) is 9.59 Å². The molecule has 0 atom stereocenters. The number of halogens is 2. The second-order valence-electron chi connectivity index (χ2n) is 3.90. The van der Waals surface area contributed by atoms with E-state index < -0.39 is 5.97 Å². The van der Waals surface area contributed by atoms with Gasteiger partial charge in [0.05, 0.1) is 6.42 Å². The van der Waals surface area contributed by atoms with Crippen molar-refractivity contribution in [3.63, 3.8) is 0 Å². The molecule has 4 nitrogen and oxygen atoms in total. The van der Waals surface area contributed by atoms with Crippen molar-refractivity contribution in [3.05, 3.63) is 56.4 Å². The highest BCUT2D eigenvalue weighted by atomic mass is 35.5. The first-order chi connectivity index (χ1) is 8.99. The molecule has 0 saturated heterocycles. The molecule has 6 heteroatoms. The normalized spacial score (nSPS) is 10.4. The number of carboxylic acids is 1. The number of aliphatic carboxylic acids is 1. The molecule has 0 saturated carbocycles. The van der Waals surface area contributed by atoms with Crippen molar-refractivity contribution in [1.82, 2.24) is 4.98 Å². The Morgan fingerprint density at radius 1 is 1.26 bits per heavy atom. The zero-order valence-electron chi connectivity index (χ0n) is 9.61. The van der Waals surface area contributed by atoms with E-state index >= 15 is 0 Å². The predicted octanol–water partition coefficient (Wildman–Crippen LogP) is 2.98. The maximum absolute atomic E-state index is 11.3. The molecule has 0 aliphatic carbocycles. The summed E-state index contributed by atoms with van der Waals surface area (Å²) in [6.45, 7) is 0. The van der Waals surface area contributed by atoms with E-state index in [2.05, 4.69) is 4.98 Å². The number of aromatic nitrogens is 1. The molecule has 0 aliphatic rings. The Hall–Kier alpha value is -1.78. The zero-order valence-corrected chi connectivity index (χ0v) is 11.1. The summed E-state index contributed by atoms with van der Waals surface area (Å²) in [4.78, 5) is 24.7. The Morgan fingerprint density at radius 3 is 2.47 bits per heavy atom. The first kappa shape index (κ1) is 13.6. The highest BCUT2D eigenvalue weighted by Crippen LogP contribution is 2.35. The third-order valence-electron chi connectivity index (χ3n) is 2.58. The average molecular weight is 298 g/mol. The summed E-state index contributed by atoms with van der Waals surface area (Å²) in [6.07, 6.45) is 1.15. The average Bonchev–Trinajstić information content (AvgIpc) is 2.30. The number of hydrogen-bond donors (Lipinski definition) is 2. The van der Waals surface area contributed by atoms with Gasteiger partial charge in [-0.1, -0.05) is 29.3 Å². The van der Waals surface area contributed by atoms with Crippen molar-refractivity contribution in [1.29, 1.82) is 0 Å². The van der Waals surface area contributed by atoms with E-state index in [1.54, 1.807) is 18.2 Å². The third kappa shape index (κ3) is 2.97. The molecule has 2 N–H and O–H groups in total. The minimum absolute atomic E-state index is 0.277. The molecular formula is C13H9Cl2NO3. The maximum atomic E-state index is 11.3. The fourth-order valence-electron chi connectivity index (χ4n) is 1.81. The summed E-state index contributed by atoms with van der Waals surface area (Å²) in [7, 11) is 0. The largest absolute Gasteiger partial charge is 0.481 e. The van der Waals surface area contributed by atoms with E-state index in [0.717, 1.165) is 0 Å². The van der Waals surface area contributed by atoms with Gasteiger partial charge in [-0.15, -0.1) is 0 Å². The first-order valence-corrected chi connectivity index (χ1v) is 6.12. The SMILES string of the molecule is O=C(O)Cc1cc(=O)[nH]cc1-c1c(Cl)cccc1Cl. The summed E-state index contributed by atoms with van der Waals surface area (Å²) in [5.74, 6) is -1.03. The van der Waals surface area contributed by atoms with Crippen LogP contribution in [0.4, 0.5) is 0 Å². The van der Waals surface area contributed by atoms with E-state index in [9.17, 15) is 9.59 Å². The van der Waals surface area contributed by atoms with Crippen LogP contribution in [-0.4, -0.2) is 16.1 Å². The smallest absolute Gasteiger partial charge is 0.307 e. The lowest BCUT2D eigenvalue weighted by molar-refractivity contribution is -0.136. The summed E-state index contributed by atoms with van der Waals surface area (Å²) in [5, 5.41) is 9.68. The number of aromatic amines is 1. The second kappa shape index (κ2) is 5.47. The highest BCUT2D eigenvalue weighted by molar-refractivity contribution is 6.39. The molecule has 2 aromatic rings. The standard InChI is InChI=1S/C13H9Cl2NO3/c14-9-2-1-3-10(15)13(9)8-6-16-11(17)4-7(8)5-12(18)19/h1-4,6H,5H2,(H,16,17)(H,18,19). The fourth-order valence-corrected chi connectivity index (χ4v) is 2.41. The van der Waals surface area contributed by atoms with Gasteiger partial charge in [-0.25, -0.2) is 0 Å². The van der Waals surface area contributed by atoms with Crippen LogP contribution in [0, 0.1) is 0 Å². The van der Waals surface area contributed by atoms with Crippen LogP contribution < -0.4 is 5.56 Å². The van der Waals surface area contributed by atoms with Gasteiger partial charge in [0, 0.05) is 33.4 Å². The van der Waals surface area contributed by atoms with Gasteiger partial charge in [-0.05, 0) is 17.7 Å². The predicted molar refractivity (Wildman–Crippen MR) is 73.9 cm³/mol. The molecule has 2 rings (SSSR count). The van der Waals surface area contributed by atoms with Crippen molar-refractivity contribution < 1.29 is 9.90 Å². The summed E-state index contributed by atoms with van der Waals surface area (Å²) < 4.78 is 0. The number of carboxylic acid groups (broad SMARTS) is 1. The van der Waals surface area contributed by atoms with Crippen LogP contribution in [0.1, 0.15) is 5.56 Å². The van der Waals surface area contributed by atoms with Crippen molar-refractivity contribution in [2.75, 3.05) is 0 Å². The number of nitrogens with one attached hydrogen (secondary N) is 1. The van der Waals surface area contributed by atoms with Crippen LogP contribution in [0.25, 0.3) is 11.1 Å². The molecule has 1 aromatic heterocycles. The van der Waals surface area contributed by atoms with E-state index in [4.69, 9.17) is 28.3 Å². The van der Waals surface area contributed by atoms with Crippen molar-refractivity contribution in [3.8, 4) is 11.1 Å². The van der Waals surface area contributed by atoms with Crippen LogP contribution in [0.15, 0.2) is 35.3 Å². The number of benzene rings is 1. The third-order valence-corrected chi connectivity index (χ3v) is 3.21. The minimum Gasteiger partial charge on any atom is -0.481 e. The number of pyridine rings is 1. The summed E-state index contributed by atoms with van der Waals surface area (Å²) >= 11 is 12.2. The van der Waals surface area contributed by atoms with E-state index in [-0.39, 0.29) is 12.0 Å². The molecule has 0 spiro atoms. The molecule has 19 heavy (non-hydrogen) atoms. The Balaban J connectivity index is 2.68. The Labute approximate surface area is 118 Å². The minimum atomic E-state index is -1.03. The van der Waals surface area contributed by atoms with Crippen molar-refractivity contribution in [2.24, 2.45) is 0 Å². The van der Waals surface area contributed by atoms with Crippen LogP contribution in [-0.2, 0) is 11.2 Å². The van der Waals surface area contributed by atoms with Crippen molar-refractivity contribution >= 4 is 29.2 Å². The van der Waals surface area contributed by atoms with Crippen LogP contribution >= 0.6 is 23.2 Å². The number of H-pyrrole nitrogens is 1. The van der Waals surface area contributed by atoms with Crippen LogP contribution in [0.3, 0.4) is 0 Å². The molecule has 98 valence electrons. The zero-order chi connectivity index (χ0) is 14.0. The quantitative estimate of drug-likeness (QED) is 0.915. The first-order valence-electron chi connectivity index (χ1n) is 5.37. The van der Waals surface area contributed by atoms with Crippen molar-refractivity contribution in [2.45, 2.75) is 6.42 Å². The van der Waals surface area contributed by atoms with Gasteiger partial charge in [0.25, 0.3) is 0 Å². The van der Waals surface area contributed by atoms with E-state index in [1.165, 1.54) is 12.3 Å². The van der Waals surface area contributed by atoms with Gasteiger partial charge >= 0.3 is 5.97 Å². The fraction of sp³-hybridized carbons (Fsp3) is 0.0769. The maximum Gasteiger partial charge on any atom is 0.307 e. The lowest BCUT2D eigenvalue weighted by atomic mass is 10.00. The molecular weight excluding hydrogens is 289 g/mol. The molecule has 0 aliphatic heterocycles. The Morgan fingerprint density at radius 2 is 1.89 bits per heavy atom. The van der Waals surface area contributed by atoms with Crippen LogP contribution in [0.2, 0.25) is 10.0 Å². The van der Waals surface area contributed by atoms with Gasteiger partial charge < -0.3 is 10.1 Å². The number of hydrogen-bond acceptors (Lipinski definition) is 2. The van der Waals surface area contributed by atoms with Gasteiger partial charge in [0.1, 0.15) is 0 Å². The summed E-state index contributed by atoms with van der Waals surface area (Å²) in [6, 6.07) is 6.23. The molecule has 0 unspecified atom stereocenters. The van der Waals surface area contributed by atoms with Gasteiger partial charge in [-0.2, -0.15) is 0 Å². The Bertz CT molecular complexity index is 674. The molecule has 0 bridgehead atoms. The molecule has 0 amide bonds. The Kier molecular flexibility index (Phi) is 3.93. The molecule has 0 radical (unpaired) electrons. The van der Waals surface area contributed by atoms with E-state index in [1.807, 2.05) is 0 Å². The highest BCUT2D eigenvalue weighted by Gasteiger charge is 2.15. The van der Waals surface area contributed by atoms with Gasteiger partial charge in [0.2, 0.25) is 5.56 Å². The molecule has 0 fully saturated rings. The number of rotatable bonds is 3. The second-order valence-corrected chi connectivity index (χ2v) is 4.72. The summed E-state index contributed by atoms with van der Waals surface area (Å²) in [5.41, 5.74) is 1.02. The number of carbonyl (C=O) groups is 1. The van der Waals surface area contributed by atoms with Gasteiger partial charge in [0.15, 0.2) is 0 Å². The lowest BCUT2D eigenvalue weighted by Crippen LogP contribution is -2.10. The monoisotopic (exact) mass is 297 g/mol. The van der Waals surface area contributed by atoms with Crippen LogP contribution in [0.5, 0.6) is 0 Å². The molecule has 1 aromatic carbocycles. The lowest BCUT2D eigenvalue weighted by Gasteiger charge is -2.10. The van der Waals surface area contributed by atoms with E-state index in [0.29, 0.717) is 26.7 Å². The molecule has 1 heterocycles. The topological polar surface area (TPSA) is 70.2 Å².